The molecule has 3 nitrogen and oxygen atoms in total. The van der Waals surface area contributed by atoms with Crippen LogP contribution in [0.5, 0.6) is 0 Å². The van der Waals surface area contributed by atoms with Gasteiger partial charge in [0.05, 0.1) is 0 Å². The minimum atomic E-state index is 0.171. The predicted molar refractivity (Wildman–Crippen MR) is 162 cm³/mol. The van der Waals surface area contributed by atoms with Crippen molar-refractivity contribution in [3.8, 4) is 45.0 Å². The van der Waals surface area contributed by atoms with E-state index in [4.69, 9.17) is 16.6 Å². The second-order valence-corrected chi connectivity index (χ2v) is 9.80. The molecule has 0 amide bonds. The molecule has 0 aliphatic rings. The van der Waals surface area contributed by atoms with E-state index in [2.05, 4.69) is 125 Å². The van der Waals surface area contributed by atoms with Crippen molar-refractivity contribution in [3.05, 3.63) is 139 Å². The first-order chi connectivity index (χ1) is 19.2. The number of rotatable bonds is 4. The fraction of sp³-hybridized carbons (Fsp3) is 0. The largest absolute Gasteiger partial charge is 0.226 e. The summed E-state index contributed by atoms with van der Waals surface area (Å²) in [4.78, 5) is 13.8. The van der Waals surface area contributed by atoms with E-state index in [0.29, 0.717) is 11.6 Å². The summed E-state index contributed by atoms with van der Waals surface area (Å²) in [7, 11) is 0. The fourth-order valence-corrected chi connectivity index (χ4v) is 5.34. The van der Waals surface area contributed by atoms with E-state index in [9.17, 15) is 0 Å². The van der Waals surface area contributed by atoms with E-state index < -0.39 is 0 Å². The molecule has 7 rings (SSSR count). The highest BCUT2D eigenvalue weighted by Gasteiger charge is 2.13. The van der Waals surface area contributed by atoms with Crippen molar-refractivity contribution >= 4 is 33.1 Å². The molecule has 6 aromatic carbocycles. The summed E-state index contributed by atoms with van der Waals surface area (Å²) in [6.45, 7) is 0. The Bertz CT molecular complexity index is 1970. The second-order valence-electron chi connectivity index (χ2n) is 9.47. The molecule has 0 aliphatic carbocycles. The van der Waals surface area contributed by atoms with E-state index >= 15 is 0 Å². The first-order valence-electron chi connectivity index (χ1n) is 12.8. The van der Waals surface area contributed by atoms with Crippen molar-refractivity contribution in [1.82, 2.24) is 15.0 Å². The normalized spacial score (nSPS) is 11.2. The van der Waals surface area contributed by atoms with Crippen molar-refractivity contribution in [2.45, 2.75) is 0 Å². The Labute approximate surface area is 231 Å². The van der Waals surface area contributed by atoms with Crippen LogP contribution in [0.2, 0.25) is 5.28 Å². The van der Waals surface area contributed by atoms with Gasteiger partial charge in [-0.05, 0) is 67.5 Å². The van der Waals surface area contributed by atoms with Crippen LogP contribution in [0.4, 0.5) is 0 Å². The fourth-order valence-electron chi connectivity index (χ4n) is 5.18. The molecule has 39 heavy (non-hydrogen) atoms. The van der Waals surface area contributed by atoms with Crippen LogP contribution >= 0.6 is 11.6 Å². The SMILES string of the molecule is Clc1nc(-c2ccc3c(-c4ccccc4)cccc3c2)nc(-c2ccc3cccc(-c4ccccc4)c3c2)n1. The minimum Gasteiger partial charge on any atom is -0.208 e. The number of aromatic nitrogens is 3. The number of nitrogens with zero attached hydrogens (tertiary/aromatic N) is 3. The van der Waals surface area contributed by atoms with Gasteiger partial charge in [-0.2, -0.15) is 9.97 Å². The maximum absolute atomic E-state index is 6.46. The molecule has 0 saturated carbocycles. The van der Waals surface area contributed by atoms with Gasteiger partial charge in [0.2, 0.25) is 5.28 Å². The van der Waals surface area contributed by atoms with Crippen molar-refractivity contribution in [2.75, 3.05) is 0 Å². The Morgan fingerprint density at radius 3 is 1.62 bits per heavy atom. The highest BCUT2D eigenvalue weighted by atomic mass is 35.5. The van der Waals surface area contributed by atoms with Crippen LogP contribution < -0.4 is 0 Å². The van der Waals surface area contributed by atoms with Crippen molar-refractivity contribution in [3.63, 3.8) is 0 Å². The predicted octanol–water partition coefficient (Wildman–Crippen LogP) is 9.50. The van der Waals surface area contributed by atoms with E-state index in [0.717, 1.165) is 27.3 Å². The third-order valence-corrected chi connectivity index (χ3v) is 7.23. The average Bonchev–Trinajstić information content (AvgIpc) is 3.00. The molecule has 184 valence electrons. The zero-order valence-corrected chi connectivity index (χ0v) is 21.7. The molecular formula is C35H22ClN3. The van der Waals surface area contributed by atoms with Crippen LogP contribution in [0.3, 0.4) is 0 Å². The van der Waals surface area contributed by atoms with E-state index in [1.54, 1.807) is 0 Å². The minimum absolute atomic E-state index is 0.171. The molecule has 0 atom stereocenters. The Morgan fingerprint density at radius 1 is 0.385 bits per heavy atom. The zero-order valence-electron chi connectivity index (χ0n) is 20.9. The maximum Gasteiger partial charge on any atom is 0.226 e. The molecule has 0 unspecified atom stereocenters. The van der Waals surface area contributed by atoms with Gasteiger partial charge in [-0.15, -0.1) is 0 Å². The number of benzene rings is 6. The van der Waals surface area contributed by atoms with Gasteiger partial charge < -0.3 is 0 Å². The van der Waals surface area contributed by atoms with Crippen LogP contribution in [0.25, 0.3) is 66.6 Å². The molecule has 0 bridgehead atoms. The summed E-state index contributed by atoms with van der Waals surface area (Å²) < 4.78 is 0. The van der Waals surface area contributed by atoms with Gasteiger partial charge >= 0.3 is 0 Å². The monoisotopic (exact) mass is 519 g/mol. The van der Waals surface area contributed by atoms with Gasteiger partial charge in [0, 0.05) is 11.1 Å². The quantitative estimate of drug-likeness (QED) is 0.232. The number of hydrogen-bond acceptors (Lipinski definition) is 3. The highest BCUT2D eigenvalue weighted by Crippen LogP contribution is 2.34. The first-order valence-corrected chi connectivity index (χ1v) is 13.2. The topological polar surface area (TPSA) is 38.7 Å². The second kappa shape index (κ2) is 9.79. The molecular weight excluding hydrogens is 498 g/mol. The van der Waals surface area contributed by atoms with Crippen LogP contribution in [0, 0.1) is 0 Å². The van der Waals surface area contributed by atoms with Gasteiger partial charge in [0.15, 0.2) is 11.6 Å². The van der Waals surface area contributed by atoms with Crippen molar-refractivity contribution in [1.29, 1.82) is 0 Å². The molecule has 1 aromatic heterocycles. The lowest BCUT2D eigenvalue weighted by Gasteiger charge is -2.11. The Morgan fingerprint density at radius 2 is 0.949 bits per heavy atom. The smallest absolute Gasteiger partial charge is 0.208 e. The Hall–Kier alpha value is -4.86. The lowest BCUT2D eigenvalue weighted by molar-refractivity contribution is 1.07. The highest BCUT2D eigenvalue weighted by molar-refractivity contribution is 6.28. The lowest BCUT2D eigenvalue weighted by Crippen LogP contribution is -1.97. The molecule has 4 heteroatoms. The third kappa shape index (κ3) is 4.43. The van der Waals surface area contributed by atoms with E-state index in [-0.39, 0.29) is 5.28 Å². The van der Waals surface area contributed by atoms with Gasteiger partial charge in [-0.3, -0.25) is 0 Å². The molecule has 0 spiro atoms. The van der Waals surface area contributed by atoms with Gasteiger partial charge in [-0.25, -0.2) is 4.98 Å². The van der Waals surface area contributed by atoms with Crippen LogP contribution in [0.15, 0.2) is 133 Å². The summed E-state index contributed by atoms with van der Waals surface area (Å²) in [5, 5.41) is 4.76. The molecule has 0 aliphatic heterocycles. The standard InChI is InChI=1S/C35H22ClN3/c36-35-38-33(27-19-20-31-26(21-27)14-8-15-29(31)23-9-3-1-4-10-23)37-34(39-35)28-18-17-25-13-7-16-30(32(25)22-28)24-11-5-2-6-12-24/h1-22H. The molecule has 0 N–H and O–H groups in total. The number of fused-ring (bicyclic) bond motifs is 2. The molecule has 0 saturated heterocycles. The first kappa shape index (κ1) is 23.3. The number of hydrogen-bond donors (Lipinski definition) is 0. The maximum atomic E-state index is 6.46. The molecule has 1 heterocycles. The summed E-state index contributed by atoms with van der Waals surface area (Å²) >= 11 is 6.46. The summed E-state index contributed by atoms with van der Waals surface area (Å²) in [5.41, 5.74) is 6.50. The third-order valence-electron chi connectivity index (χ3n) is 7.06. The zero-order chi connectivity index (χ0) is 26.2. The summed E-state index contributed by atoms with van der Waals surface area (Å²) in [6.07, 6.45) is 0. The van der Waals surface area contributed by atoms with Crippen LogP contribution in [-0.4, -0.2) is 15.0 Å². The van der Waals surface area contributed by atoms with Gasteiger partial charge in [0.1, 0.15) is 0 Å². The van der Waals surface area contributed by atoms with Crippen molar-refractivity contribution < 1.29 is 0 Å². The van der Waals surface area contributed by atoms with Gasteiger partial charge in [-0.1, -0.05) is 121 Å². The number of halogens is 1. The van der Waals surface area contributed by atoms with Crippen LogP contribution in [-0.2, 0) is 0 Å². The Kier molecular flexibility index (Phi) is 5.84. The lowest BCUT2D eigenvalue weighted by atomic mass is 9.96. The van der Waals surface area contributed by atoms with E-state index in [1.165, 1.54) is 27.6 Å². The van der Waals surface area contributed by atoms with Gasteiger partial charge in [0.25, 0.3) is 0 Å². The van der Waals surface area contributed by atoms with Crippen LogP contribution in [0.1, 0.15) is 0 Å². The average molecular weight is 520 g/mol. The summed E-state index contributed by atoms with van der Waals surface area (Å²) in [6, 6.07) is 46.1. The van der Waals surface area contributed by atoms with Crippen molar-refractivity contribution in [2.24, 2.45) is 0 Å². The summed E-state index contributed by atoms with van der Waals surface area (Å²) in [5.74, 6) is 1.10. The molecule has 0 radical (unpaired) electrons. The molecule has 7 aromatic rings. The molecule has 0 fully saturated rings. The Balaban J connectivity index is 1.33. The van der Waals surface area contributed by atoms with E-state index in [1.807, 2.05) is 18.2 Å².